The molecule has 0 spiro atoms. The van der Waals surface area contributed by atoms with Crippen molar-refractivity contribution in [1.29, 1.82) is 0 Å². The first kappa shape index (κ1) is 15.0. The summed E-state index contributed by atoms with van der Waals surface area (Å²) in [5, 5.41) is 3.76. The fraction of sp³-hybridized carbons (Fsp3) is 0.667. The fourth-order valence-corrected chi connectivity index (χ4v) is 3.92. The number of rotatable bonds is 2. The van der Waals surface area contributed by atoms with Crippen LogP contribution in [0, 0.1) is 0 Å². The minimum absolute atomic E-state index is 0.0130. The van der Waals surface area contributed by atoms with Crippen LogP contribution >= 0.6 is 0 Å². The van der Waals surface area contributed by atoms with E-state index in [1.54, 1.807) is 0 Å². The molecule has 3 nitrogen and oxygen atoms in total. The van der Waals surface area contributed by atoms with E-state index in [0.717, 1.165) is 26.1 Å². The predicted octanol–water partition coefficient (Wildman–Crippen LogP) is 2.76. The summed E-state index contributed by atoms with van der Waals surface area (Å²) in [5.74, 6) is 0. The molecule has 2 heterocycles. The molecule has 2 aliphatic heterocycles. The van der Waals surface area contributed by atoms with Crippen molar-refractivity contribution in [3.63, 3.8) is 0 Å². The Morgan fingerprint density at radius 2 is 1.90 bits per heavy atom. The lowest BCUT2D eigenvalue weighted by Gasteiger charge is -2.53. The molecule has 4 unspecified atom stereocenters. The van der Waals surface area contributed by atoms with Crippen LogP contribution < -0.4 is 5.32 Å². The molecular formula is C18H28N2O. The van der Waals surface area contributed by atoms with Gasteiger partial charge in [-0.2, -0.15) is 0 Å². The van der Waals surface area contributed by atoms with E-state index in [-0.39, 0.29) is 11.1 Å². The second kappa shape index (κ2) is 5.38. The Morgan fingerprint density at radius 1 is 1.19 bits per heavy atom. The molecule has 116 valence electrons. The molecule has 1 aromatic rings. The van der Waals surface area contributed by atoms with Crippen molar-refractivity contribution >= 4 is 0 Å². The highest BCUT2D eigenvalue weighted by Gasteiger charge is 2.48. The Morgan fingerprint density at radius 3 is 2.52 bits per heavy atom. The quantitative estimate of drug-likeness (QED) is 0.905. The van der Waals surface area contributed by atoms with Gasteiger partial charge in [0, 0.05) is 31.3 Å². The summed E-state index contributed by atoms with van der Waals surface area (Å²) < 4.78 is 5.88. The zero-order chi connectivity index (χ0) is 15.1. The van der Waals surface area contributed by atoms with Crippen LogP contribution in [0.15, 0.2) is 30.3 Å². The molecule has 0 saturated carbocycles. The van der Waals surface area contributed by atoms with Crippen molar-refractivity contribution in [2.24, 2.45) is 0 Å². The molecule has 2 aliphatic rings. The van der Waals surface area contributed by atoms with Crippen LogP contribution in [-0.4, -0.2) is 42.3 Å². The minimum Gasteiger partial charge on any atom is -0.377 e. The van der Waals surface area contributed by atoms with E-state index in [1.807, 2.05) is 0 Å². The molecule has 0 aromatic heterocycles. The van der Waals surface area contributed by atoms with E-state index in [2.05, 4.69) is 68.2 Å². The van der Waals surface area contributed by atoms with Crippen LogP contribution in [0.25, 0.3) is 0 Å². The first-order chi connectivity index (χ1) is 9.96. The summed E-state index contributed by atoms with van der Waals surface area (Å²) in [6.07, 6.45) is 1.43. The van der Waals surface area contributed by atoms with Gasteiger partial charge in [-0.3, -0.25) is 4.90 Å². The van der Waals surface area contributed by atoms with Gasteiger partial charge in [-0.25, -0.2) is 0 Å². The Kier molecular flexibility index (Phi) is 3.85. The van der Waals surface area contributed by atoms with Gasteiger partial charge in [-0.1, -0.05) is 30.3 Å². The Balaban J connectivity index is 1.88. The maximum atomic E-state index is 5.88. The first-order valence-electron chi connectivity index (χ1n) is 8.15. The fourth-order valence-electron chi connectivity index (χ4n) is 3.92. The van der Waals surface area contributed by atoms with Crippen LogP contribution in [0.2, 0.25) is 0 Å². The van der Waals surface area contributed by atoms with E-state index in [9.17, 15) is 0 Å². The SMILES string of the molecule is CC1CNC(C)(c2ccccc2)CN1C1(C)CCOC1C. The third kappa shape index (κ3) is 2.52. The highest BCUT2D eigenvalue weighted by molar-refractivity contribution is 5.25. The molecular weight excluding hydrogens is 260 g/mol. The highest BCUT2D eigenvalue weighted by atomic mass is 16.5. The Bertz CT molecular complexity index is 491. The van der Waals surface area contributed by atoms with Crippen molar-refractivity contribution in [2.45, 2.75) is 57.3 Å². The van der Waals surface area contributed by atoms with Crippen LogP contribution in [0.4, 0.5) is 0 Å². The number of benzene rings is 1. The van der Waals surface area contributed by atoms with E-state index >= 15 is 0 Å². The lowest BCUT2D eigenvalue weighted by Crippen LogP contribution is -2.67. The standard InChI is InChI=1S/C18H28N2O/c1-14-12-19-17(3,16-8-6-5-7-9-16)13-20(14)18(4)10-11-21-15(18)2/h5-9,14-15,19H,10-13H2,1-4H3. The van der Waals surface area contributed by atoms with E-state index in [1.165, 1.54) is 5.56 Å². The average molecular weight is 288 g/mol. The zero-order valence-electron chi connectivity index (χ0n) is 13.7. The molecule has 0 amide bonds. The number of hydrogen-bond acceptors (Lipinski definition) is 3. The van der Waals surface area contributed by atoms with Crippen LogP contribution in [0.5, 0.6) is 0 Å². The minimum atomic E-state index is 0.0130. The second-order valence-electron chi connectivity index (χ2n) is 7.18. The van der Waals surface area contributed by atoms with Gasteiger partial charge >= 0.3 is 0 Å². The summed E-state index contributed by atoms with van der Waals surface area (Å²) in [6.45, 7) is 12.2. The van der Waals surface area contributed by atoms with Crippen molar-refractivity contribution in [2.75, 3.05) is 19.7 Å². The van der Waals surface area contributed by atoms with Crippen molar-refractivity contribution in [3.05, 3.63) is 35.9 Å². The largest absolute Gasteiger partial charge is 0.377 e. The van der Waals surface area contributed by atoms with Gasteiger partial charge in [0.2, 0.25) is 0 Å². The molecule has 21 heavy (non-hydrogen) atoms. The summed E-state index contributed by atoms with van der Waals surface area (Å²) in [7, 11) is 0. The Hall–Kier alpha value is -0.900. The summed E-state index contributed by atoms with van der Waals surface area (Å²) >= 11 is 0. The number of ether oxygens (including phenoxy) is 1. The molecule has 3 rings (SSSR count). The summed E-state index contributed by atoms with van der Waals surface area (Å²) in [5.41, 5.74) is 1.54. The lowest BCUT2D eigenvalue weighted by molar-refractivity contribution is -0.0363. The van der Waals surface area contributed by atoms with Gasteiger partial charge < -0.3 is 10.1 Å². The number of nitrogens with one attached hydrogen (secondary N) is 1. The molecule has 1 aromatic carbocycles. The topological polar surface area (TPSA) is 24.5 Å². The van der Waals surface area contributed by atoms with Gasteiger partial charge in [0.25, 0.3) is 0 Å². The normalized spacial score (nSPS) is 41.3. The third-order valence-electron chi connectivity index (χ3n) is 5.73. The van der Waals surface area contributed by atoms with Gasteiger partial charge in [0.1, 0.15) is 0 Å². The smallest absolute Gasteiger partial charge is 0.0728 e. The van der Waals surface area contributed by atoms with Crippen LogP contribution in [0.1, 0.15) is 39.7 Å². The molecule has 0 radical (unpaired) electrons. The van der Waals surface area contributed by atoms with E-state index < -0.39 is 0 Å². The van der Waals surface area contributed by atoms with Gasteiger partial charge in [0.15, 0.2) is 0 Å². The van der Waals surface area contributed by atoms with Gasteiger partial charge in [-0.05, 0) is 39.7 Å². The van der Waals surface area contributed by atoms with Gasteiger partial charge in [0.05, 0.1) is 11.6 Å². The van der Waals surface area contributed by atoms with E-state index in [4.69, 9.17) is 4.74 Å². The maximum absolute atomic E-state index is 5.88. The molecule has 0 bridgehead atoms. The Labute approximate surface area is 128 Å². The lowest BCUT2D eigenvalue weighted by atomic mass is 9.83. The van der Waals surface area contributed by atoms with Crippen LogP contribution in [-0.2, 0) is 10.3 Å². The summed E-state index contributed by atoms with van der Waals surface area (Å²) in [4.78, 5) is 2.67. The summed E-state index contributed by atoms with van der Waals surface area (Å²) in [6, 6.07) is 11.4. The molecule has 3 heteroatoms. The zero-order valence-corrected chi connectivity index (χ0v) is 13.7. The predicted molar refractivity (Wildman–Crippen MR) is 86.4 cm³/mol. The molecule has 0 aliphatic carbocycles. The van der Waals surface area contributed by atoms with Crippen molar-refractivity contribution in [3.8, 4) is 0 Å². The molecule has 2 saturated heterocycles. The second-order valence-corrected chi connectivity index (χ2v) is 7.18. The number of piperazine rings is 1. The molecule has 4 atom stereocenters. The molecule has 2 fully saturated rings. The van der Waals surface area contributed by atoms with Crippen molar-refractivity contribution in [1.82, 2.24) is 10.2 Å². The molecule has 1 N–H and O–H groups in total. The monoisotopic (exact) mass is 288 g/mol. The first-order valence-corrected chi connectivity index (χ1v) is 8.15. The van der Waals surface area contributed by atoms with Crippen molar-refractivity contribution < 1.29 is 4.74 Å². The average Bonchev–Trinajstić information content (AvgIpc) is 2.83. The number of nitrogens with zero attached hydrogens (tertiary/aromatic N) is 1. The van der Waals surface area contributed by atoms with E-state index in [0.29, 0.717) is 12.1 Å². The van der Waals surface area contributed by atoms with Crippen LogP contribution in [0.3, 0.4) is 0 Å². The number of hydrogen-bond donors (Lipinski definition) is 1. The van der Waals surface area contributed by atoms with Gasteiger partial charge in [-0.15, -0.1) is 0 Å². The maximum Gasteiger partial charge on any atom is 0.0728 e. The highest BCUT2D eigenvalue weighted by Crippen LogP contribution is 2.37. The third-order valence-corrected chi connectivity index (χ3v) is 5.73.